The van der Waals surface area contributed by atoms with Gasteiger partial charge in [0.15, 0.2) is 6.61 Å². The Morgan fingerprint density at radius 3 is 2.39 bits per heavy atom. The van der Waals surface area contributed by atoms with Gasteiger partial charge in [0, 0.05) is 11.1 Å². The van der Waals surface area contributed by atoms with Gasteiger partial charge in [0.1, 0.15) is 5.75 Å². The molecular formula is C23H17N3O2. The van der Waals surface area contributed by atoms with Crippen LogP contribution in [0.4, 0.5) is 5.69 Å². The van der Waals surface area contributed by atoms with E-state index < -0.39 is 0 Å². The highest BCUT2D eigenvalue weighted by Gasteiger charge is 2.18. The van der Waals surface area contributed by atoms with E-state index in [0.717, 1.165) is 28.2 Å². The van der Waals surface area contributed by atoms with Crippen LogP contribution in [-0.4, -0.2) is 22.3 Å². The summed E-state index contributed by atoms with van der Waals surface area (Å²) in [5, 5.41) is 7.71. The Labute approximate surface area is 162 Å². The summed E-state index contributed by atoms with van der Waals surface area (Å²) >= 11 is 0. The minimum absolute atomic E-state index is 0.0487. The summed E-state index contributed by atoms with van der Waals surface area (Å²) in [4.78, 5) is 11.6. The van der Waals surface area contributed by atoms with Crippen LogP contribution in [0.25, 0.3) is 28.2 Å². The summed E-state index contributed by atoms with van der Waals surface area (Å²) in [6.07, 6.45) is 0. The first kappa shape index (κ1) is 16.3. The van der Waals surface area contributed by atoms with Crippen LogP contribution in [0.15, 0.2) is 84.9 Å². The van der Waals surface area contributed by atoms with Crippen LogP contribution in [0, 0.1) is 0 Å². The fourth-order valence-corrected chi connectivity index (χ4v) is 3.35. The van der Waals surface area contributed by atoms with Crippen molar-refractivity contribution in [2.75, 3.05) is 11.9 Å². The number of anilines is 1. The fraction of sp³-hybridized carbons (Fsp3) is 0.0435. The SMILES string of the molecule is O=C1COc2ccc(-c3cc(-c4ccccc4)n(-c4ccccc4)n3)cc2N1. The van der Waals surface area contributed by atoms with E-state index in [-0.39, 0.29) is 12.5 Å². The number of hydrogen-bond acceptors (Lipinski definition) is 3. The summed E-state index contributed by atoms with van der Waals surface area (Å²) in [6.45, 7) is 0.0487. The maximum Gasteiger partial charge on any atom is 0.262 e. The second-order valence-electron chi connectivity index (χ2n) is 6.58. The van der Waals surface area contributed by atoms with E-state index in [1.165, 1.54) is 0 Å². The van der Waals surface area contributed by atoms with Gasteiger partial charge in [-0.2, -0.15) is 5.10 Å². The van der Waals surface area contributed by atoms with E-state index in [1.54, 1.807) is 0 Å². The molecule has 0 bridgehead atoms. The van der Waals surface area contributed by atoms with Gasteiger partial charge in [-0.25, -0.2) is 4.68 Å². The first-order valence-corrected chi connectivity index (χ1v) is 9.06. The molecule has 0 unspecified atom stereocenters. The average Bonchev–Trinajstić information content (AvgIpc) is 3.20. The monoisotopic (exact) mass is 367 g/mol. The standard InChI is InChI=1S/C23H17N3O2/c27-23-15-28-22-12-11-17(13-20(22)24-23)19-14-21(16-7-3-1-4-8-16)26(25-19)18-9-5-2-6-10-18/h1-14H,15H2,(H,24,27). The highest BCUT2D eigenvalue weighted by Crippen LogP contribution is 2.34. The van der Waals surface area contributed by atoms with E-state index in [2.05, 4.69) is 23.5 Å². The lowest BCUT2D eigenvalue weighted by molar-refractivity contribution is -0.118. The van der Waals surface area contributed by atoms with E-state index in [9.17, 15) is 4.79 Å². The predicted octanol–water partition coefficient (Wildman–Crippen LogP) is 4.54. The van der Waals surface area contributed by atoms with Gasteiger partial charge in [0.05, 0.1) is 22.8 Å². The molecule has 0 saturated heterocycles. The van der Waals surface area contributed by atoms with Gasteiger partial charge in [-0.3, -0.25) is 4.79 Å². The molecule has 1 aromatic heterocycles. The van der Waals surface area contributed by atoms with Crippen molar-refractivity contribution in [3.63, 3.8) is 0 Å². The van der Waals surface area contributed by atoms with Crippen LogP contribution in [0.3, 0.4) is 0 Å². The molecule has 0 atom stereocenters. The Kier molecular flexibility index (Phi) is 3.91. The Bertz CT molecular complexity index is 1090. The van der Waals surface area contributed by atoms with Crippen molar-refractivity contribution in [1.29, 1.82) is 0 Å². The fourth-order valence-electron chi connectivity index (χ4n) is 3.35. The number of carbonyl (C=O) groups excluding carboxylic acids is 1. The van der Waals surface area contributed by atoms with E-state index in [4.69, 9.17) is 9.84 Å². The van der Waals surface area contributed by atoms with Gasteiger partial charge in [0.2, 0.25) is 0 Å². The Morgan fingerprint density at radius 1 is 0.857 bits per heavy atom. The average molecular weight is 367 g/mol. The van der Waals surface area contributed by atoms with E-state index >= 15 is 0 Å². The number of hydrogen-bond donors (Lipinski definition) is 1. The molecule has 0 saturated carbocycles. The number of fused-ring (bicyclic) bond motifs is 1. The Hall–Kier alpha value is -3.86. The molecule has 136 valence electrons. The zero-order valence-electron chi connectivity index (χ0n) is 15.0. The van der Waals surface area contributed by atoms with Gasteiger partial charge in [-0.1, -0.05) is 48.5 Å². The van der Waals surface area contributed by atoms with Crippen LogP contribution in [0.2, 0.25) is 0 Å². The molecule has 0 spiro atoms. The molecule has 1 aliphatic rings. The molecule has 5 heteroatoms. The predicted molar refractivity (Wildman–Crippen MR) is 109 cm³/mol. The first-order chi connectivity index (χ1) is 13.8. The molecule has 0 aliphatic carbocycles. The topological polar surface area (TPSA) is 56.2 Å². The van der Waals surface area contributed by atoms with Gasteiger partial charge in [-0.15, -0.1) is 0 Å². The lowest BCUT2D eigenvalue weighted by Crippen LogP contribution is -2.25. The maximum atomic E-state index is 11.6. The molecule has 4 aromatic rings. The van der Waals surface area contributed by atoms with Crippen molar-refractivity contribution in [2.45, 2.75) is 0 Å². The number of rotatable bonds is 3. The number of amides is 1. The highest BCUT2D eigenvalue weighted by molar-refractivity contribution is 5.96. The highest BCUT2D eigenvalue weighted by atomic mass is 16.5. The van der Waals surface area contributed by atoms with Crippen LogP contribution in [-0.2, 0) is 4.79 Å². The summed E-state index contributed by atoms with van der Waals surface area (Å²) in [5.74, 6) is 0.526. The van der Waals surface area contributed by atoms with Gasteiger partial charge < -0.3 is 10.1 Å². The van der Waals surface area contributed by atoms with Crippen LogP contribution in [0.5, 0.6) is 5.75 Å². The molecule has 1 amide bonds. The molecule has 1 aliphatic heterocycles. The molecular weight excluding hydrogens is 350 g/mol. The first-order valence-electron chi connectivity index (χ1n) is 9.06. The minimum atomic E-state index is -0.149. The zero-order valence-corrected chi connectivity index (χ0v) is 15.0. The Balaban J connectivity index is 1.64. The molecule has 5 nitrogen and oxygen atoms in total. The third-order valence-electron chi connectivity index (χ3n) is 4.69. The lowest BCUT2D eigenvalue weighted by atomic mass is 10.1. The molecule has 0 fully saturated rings. The summed E-state index contributed by atoms with van der Waals surface area (Å²) < 4.78 is 7.40. The van der Waals surface area contributed by atoms with Crippen molar-refractivity contribution >= 4 is 11.6 Å². The summed E-state index contributed by atoms with van der Waals surface area (Å²) in [5.41, 5.74) is 5.48. The van der Waals surface area contributed by atoms with Crippen molar-refractivity contribution in [1.82, 2.24) is 9.78 Å². The number of para-hydroxylation sites is 1. The van der Waals surface area contributed by atoms with Gasteiger partial charge in [0.25, 0.3) is 5.91 Å². The number of benzene rings is 3. The van der Waals surface area contributed by atoms with E-state index in [0.29, 0.717) is 11.4 Å². The molecule has 5 rings (SSSR count). The van der Waals surface area contributed by atoms with Gasteiger partial charge in [-0.05, 0) is 36.4 Å². The molecule has 2 heterocycles. The van der Waals surface area contributed by atoms with Crippen molar-refractivity contribution < 1.29 is 9.53 Å². The van der Waals surface area contributed by atoms with Crippen LogP contribution in [0.1, 0.15) is 0 Å². The number of nitrogens with one attached hydrogen (secondary N) is 1. The largest absolute Gasteiger partial charge is 0.482 e. The molecule has 1 N–H and O–H groups in total. The van der Waals surface area contributed by atoms with Crippen molar-refractivity contribution in [3.8, 4) is 34.0 Å². The summed E-state index contributed by atoms with van der Waals surface area (Å²) in [7, 11) is 0. The third-order valence-corrected chi connectivity index (χ3v) is 4.69. The zero-order chi connectivity index (χ0) is 18.9. The number of carbonyl (C=O) groups is 1. The maximum absolute atomic E-state index is 11.6. The quantitative estimate of drug-likeness (QED) is 0.578. The number of nitrogens with zero attached hydrogens (tertiary/aromatic N) is 2. The molecule has 3 aromatic carbocycles. The second-order valence-corrected chi connectivity index (χ2v) is 6.58. The third kappa shape index (κ3) is 2.93. The van der Waals surface area contributed by atoms with E-state index in [1.807, 2.05) is 71.4 Å². The number of aromatic nitrogens is 2. The normalized spacial score (nSPS) is 12.8. The second kappa shape index (κ2) is 6.70. The Morgan fingerprint density at radius 2 is 1.61 bits per heavy atom. The van der Waals surface area contributed by atoms with Gasteiger partial charge >= 0.3 is 0 Å². The lowest BCUT2D eigenvalue weighted by Gasteiger charge is -2.18. The number of ether oxygens (including phenoxy) is 1. The van der Waals surface area contributed by atoms with Crippen molar-refractivity contribution in [2.24, 2.45) is 0 Å². The smallest absolute Gasteiger partial charge is 0.262 e. The molecule has 0 radical (unpaired) electrons. The minimum Gasteiger partial charge on any atom is -0.482 e. The molecule has 28 heavy (non-hydrogen) atoms. The van der Waals surface area contributed by atoms with Crippen LogP contribution >= 0.6 is 0 Å². The van der Waals surface area contributed by atoms with Crippen molar-refractivity contribution in [3.05, 3.63) is 84.9 Å². The summed E-state index contributed by atoms with van der Waals surface area (Å²) in [6, 6.07) is 28.0. The van der Waals surface area contributed by atoms with Crippen LogP contribution < -0.4 is 10.1 Å².